The number of ketones is 1. The fourth-order valence-corrected chi connectivity index (χ4v) is 2.29. The molecule has 1 fully saturated rings. The molecule has 1 rings (SSSR count). The fraction of sp³-hybridized carbons (Fsp3) is 0.750. The molecule has 3 atom stereocenters. The molecule has 0 aromatic rings. The summed E-state index contributed by atoms with van der Waals surface area (Å²) in [6.45, 7) is 7.47. The summed E-state index contributed by atoms with van der Waals surface area (Å²) in [5, 5.41) is 10.2. The number of rotatable bonds is 2. The molecular formula is C12H21NO2. The molecule has 0 amide bonds. The van der Waals surface area contributed by atoms with Crippen molar-refractivity contribution in [3.63, 3.8) is 0 Å². The number of likely N-dealkylation sites (N-methyl/N-ethyl adjacent to an activating group) is 1. The number of Topliss-reactive ketones (excluding diaryl/α,β-unsaturated/α-hetero) is 1. The van der Waals surface area contributed by atoms with Gasteiger partial charge in [-0.25, -0.2) is 0 Å². The Morgan fingerprint density at radius 1 is 1.60 bits per heavy atom. The number of carbonyl (C=O) groups is 1. The molecule has 0 bridgehead atoms. The van der Waals surface area contributed by atoms with Gasteiger partial charge in [0.2, 0.25) is 0 Å². The van der Waals surface area contributed by atoms with Crippen LogP contribution in [0.3, 0.4) is 0 Å². The largest absolute Gasteiger partial charge is 0.381 e. The zero-order chi connectivity index (χ0) is 11.8. The summed E-state index contributed by atoms with van der Waals surface area (Å²) >= 11 is 0. The Morgan fingerprint density at radius 2 is 2.13 bits per heavy atom. The van der Waals surface area contributed by atoms with Gasteiger partial charge in [0.1, 0.15) is 5.60 Å². The van der Waals surface area contributed by atoms with Crippen LogP contribution in [0.5, 0.6) is 0 Å². The number of nitrogens with zero attached hydrogens (tertiary/aromatic N) is 1. The third-order valence-corrected chi connectivity index (χ3v) is 3.47. The molecular weight excluding hydrogens is 190 g/mol. The third kappa shape index (κ3) is 2.29. The number of allylic oxidation sites excluding steroid dienone is 1. The summed E-state index contributed by atoms with van der Waals surface area (Å²) in [7, 11) is 3.79. The fourth-order valence-electron chi connectivity index (χ4n) is 2.29. The Labute approximate surface area is 91.8 Å². The van der Waals surface area contributed by atoms with Crippen LogP contribution in [0.25, 0.3) is 0 Å². The minimum atomic E-state index is -1.21. The Hall–Kier alpha value is -0.670. The minimum absolute atomic E-state index is 0.0690. The van der Waals surface area contributed by atoms with Gasteiger partial charge in [-0.3, -0.25) is 4.79 Å². The van der Waals surface area contributed by atoms with Crippen molar-refractivity contribution in [2.75, 3.05) is 14.1 Å². The van der Waals surface area contributed by atoms with Crippen molar-refractivity contribution in [3.05, 3.63) is 12.2 Å². The van der Waals surface area contributed by atoms with Crippen molar-refractivity contribution in [3.8, 4) is 0 Å². The average Bonchev–Trinajstić information content (AvgIpc) is 2.08. The topological polar surface area (TPSA) is 40.5 Å². The van der Waals surface area contributed by atoms with Crippen molar-refractivity contribution < 1.29 is 9.90 Å². The lowest BCUT2D eigenvalue weighted by atomic mass is 9.72. The van der Waals surface area contributed by atoms with Crippen LogP contribution >= 0.6 is 0 Å². The van der Waals surface area contributed by atoms with Crippen LogP contribution in [-0.4, -0.2) is 41.5 Å². The predicted molar refractivity (Wildman–Crippen MR) is 60.6 cm³/mol. The van der Waals surface area contributed by atoms with Crippen LogP contribution in [0.1, 0.15) is 26.7 Å². The average molecular weight is 211 g/mol. The second-order valence-electron chi connectivity index (χ2n) is 5.03. The van der Waals surface area contributed by atoms with Gasteiger partial charge >= 0.3 is 0 Å². The Morgan fingerprint density at radius 3 is 2.53 bits per heavy atom. The molecule has 0 aromatic heterocycles. The minimum Gasteiger partial charge on any atom is -0.381 e. The SMILES string of the molecule is C=C(C)C1CC(=O)C(C)(O)C(N(C)C)C1. The van der Waals surface area contributed by atoms with Gasteiger partial charge in [-0.15, -0.1) is 0 Å². The van der Waals surface area contributed by atoms with Crippen LogP contribution in [0.2, 0.25) is 0 Å². The van der Waals surface area contributed by atoms with E-state index in [1.807, 2.05) is 25.9 Å². The van der Waals surface area contributed by atoms with Gasteiger partial charge in [-0.1, -0.05) is 12.2 Å². The van der Waals surface area contributed by atoms with Crippen molar-refractivity contribution in [1.29, 1.82) is 0 Å². The van der Waals surface area contributed by atoms with E-state index in [1.165, 1.54) is 0 Å². The van der Waals surface area contributed by atoms with Crippen LogP contribution in [0, 0.1) is 5.92 Å². The maximum atomic E-state index is 11.8. The zero-order valence-corrected chi connectivity index (χ0v) is 10.1. The van der Waals surface area contributed by atoms with E-state index in [1.54, 1.807) is 6.92 Å². The monoisotopic (exact) mass is 211 g/mol. The highest BCUT2D eigenvalue weighted by atomic mass is 16.3. The van der Waals surface area contributed by atoms with E-state index in [2.05, 4.69) is 6.58 Å². The van der Waals surface area contributed by atoms with Gasteiger partial charge in [-0.05, 0) is 40.3 Å². The molecule has 1 aliphatic rings. The van der Waals surface area contributed by atoms with Gasteiger partial charge in [0.25, 0.3) is 0 Å². The molecule has 15 heavy (non-hydrogen) atoms. The molecule has 3 heteroatoms. The Balaban J connectivity index is 2.92. The molecule has 86 valence electrons. The molecule has 0 saturated heterocycles. The predicted octanol–water partition coefficient (Wildman–Crippen LogP) is 1.22. The summed E-state index contributed by atoms with van der Waals surface area (Å²) in [4.78, 5) is 13.8. The highest BCUT2D eigenvalue weighted by Gasteiger charge is 2.46. The van der Waals surface area contributed by atoms with Gasteiger partial charge in [0.05, 0.1) is 0 Å². The van der Waals surface area contributed by atoms with Crippen molar-refractivity contribution in [2.45, 2.75) is 38.3 Å². The van der Waals surface area contributed by atoms with Crippen molar-refractivity contribution >= 4 is 5.78 Å². The molecule has 0 aliphatic heterocycles. The number of hydrogen-bond donors (Lipinski definition) is 1. The zero-order valence-electron chi connectivity index (χ0n) is 10.1. The lowest BCUT2D eigenvalue weighted by molar-refractivity contribution is -0.148. The summed E-state index contributed by atoms with van der Waals surface area (Å²) in [6, 6.07) is -0.111. The smallest absolute Gasteiger partial charge is 0.166 e. The van der Waals surface area contributed by atoms with E-state index in [0.717, 1.165) is 12.0 Å². The Kier molecular flexibility index (Phi) is 3.36. The first-order valence-electron chi connectivity index (χ1n) is 5.34. The van der Waals surface area contributed by atoms with Crippen LogP contribution in [0.4, 0.5) is 0 Å². The van der Waals surface area contributed by atoms with Crippen molar-refractivity contribution in [2.24, 2.45) is 5.92 Å². The highest BCUT2D eigenvalue weighted by molar-refractivity contribution is 5.88. The van der Waals surface area contributed by atoms with E-state index in [4.69, 9.17) is 0 Å². The maximum Gasteiger partial charge on any atom is 0.166 e. The van der Waals surface area contributed by atoms with Gasteiger partial charge < -0.3 is 10.0 Å². The van der Waals surface area contributed by atoms with Gasteiger partial charge in [-0.2, -0.15) is 0 Å². The summed E-state index contributed by atoms with van der Waals surface area (Å²) < 4.78 is 0. The van der Waals surface area contributed by atoms with E-state index < -0.39 is 5.60 Å². The molecule has 0 radical (unpaired) electrons. The summed E-state index contributed by atoms with van der Waals surface area (Å²) in [5.41, 5.74) is -0.180. The second kappa shape index (κ2) is 4.06. The van der Waals surface area contributed by atoms with E-state index in [0.29, 0.717) is 6.42 Å². The molecule has 1 N–H and O–H groups in total. The first-order chi connectivity index (χ1) is 6.76. The Bertz CT molecular complexity index is 281. The second-order valence-corrected chi connectivity index (χ2v) is 5.03. The van der Waals surface area contributed by atoms with E-state index in [9.17, 15) is 9.90 Å². The molecule has 0 aromatic carbocycles. The third-order valence-electron chi connectivity index (χ3n) is 3.47. The number of hydrogen-bond acceptors (Lipinski definition) is 3. The maximum absolute atomic E-state index is 11.8. The summed E-state index contributed by atoms with van der Waals surface area (Å²) in [6.07, 6.45) is 1.23. The first kappa shape index (κ1) is 12.4. The molecule has 3 unspecified atom stereocenters. The van der Waals surface area contributed by atoms with Crippen LogP contribution in [0.15, 0.2) is 12.2 Å². The van der Waals surface area contributed by atoms with E-state index in [-0.39, 0.29) is 17.7 Å². The first-order valence-corrected chi connectivity index (χ1v) is 5.34. The number of aliphatic hydroxyl groups is 1. The molecule has 3 nitrogen and oxygen atoms in total. The molecule has 0 heterocycles. The van der Waals surface area contributed by atoms with Gasteiger partial charge in [0, 0.05) is 12.5 Å². The van der Waals surface area contributed by atoms with Crippen LogP contribution in [-0.2, 0) is 4.79 Å². The molecule has 1 aliphatic carbocycles. The normalized spacial score (nSPS) is 37.1. The lowest BCUT2D eigenvalue weighted by Crippen LogP contribution is -2.57. The lowest BCUT2D eigenvalue weighted by Gasteiger charge is -2.43. The molecule has 1 saturated carbocycles. The van der Waals surface area contributed by atoms with Crippen LogP contribution < -0.4 is 0 Å². The summed E-state index contributed by atoms with van der Waals surface area (Å²) in [5.74, 6) is 0.144. The van der Waals surface area contributed by atoms with Gasteiger partial charge in [0.15, 0.2) is 5.78 Å². The van der Waals surface area contributed by atoms with Crippen molar-refractivity contribution in [1.82, 2.24) is 4.90 Å². The van der Waals surface area contributed by atoms with E-state index >= 15 is 0 Å². The number of carbonyl (C=O) groups excluding carboxylic acids is 1. The molecule has 0 spiro atoms. The standard InChI is InChI=1S/C12H21NO2/c1-8(2)9-6-10(13(4)5)12(3,15)11(14)7-9/h9-10,15H,1,6-7H2,2-5H3. The quantitative estimate of drug-likeness (QED) is 0.698. The highest BCUT2D eigenvalue weighted by Crippen LogP contribution is 2.34.